The highest BCUT2D eigenvalue weighted by atomic mass is 16.5. The number of carbonyl (C=O) groups is 1. The highest BCUT2D eigenvalue weighted by Gasteiger charge is 2.32. The lowest BCUT2D eigenvalue weighted by molar-refractivity contribution is -0.124. The average molecular weight is 396 g/mol. The number of benzene rings is 2. The van der Waals surface area contributed by atoms with E-state index in [4.69, 9.17) is 4.74 Å². The van der Waals surface area contributed by atoms with Crippen LogP contribution in [0.2, 0.25) is 0 Å². The number of hydrogen-bond acceptors (Lipinski definition) is 4. The lowest BCUT2D eigenvalue weighted by atomic mass is 9.93. The maximum Gasteiger partial charge on any atom is 0.229 e. The van der Waals surface area contributed by atoms with Crippen LogP contribution in [0.5, 0.6) is 5.75 Å². The van der Waals surface area contributed by atoms with E-state index in [-0.39, 0.29) is 23.4 Å². The van der Waals surface area contributed by atoms with Crippen LogP contribution in [0.1, 0.15) is 43.9 Å². The molecule has 0 saturated carbocycles. The van der Waals surface area contributed by atoms with Gasteiger partial charge in [-0.25, -0.2) is 0 Å². The number of rotatable bonds is 6. The fraction of sp³-hybridized carbons (Fsp3) is 0.458. The zero-order chi connectivity index (χ0) is 20.9. The van der Waals surface area contributed by atoms with Crippen LogP contribution < -0.4 is 15.4 Å². The van der Waals surface area contributed by atoms with Gasteiger partial charge in [-0.05, 0) is 32.4 Å². The fourth-order valence-corrected chi connectivity index (χ4v) is 3.93. The molecule has 1 heterocycles. The summed E-state index contributed by atoms with van der Waals surface area (Å²) in [6.45, 7) is 9.36. The Morgan fingerprint density at radius 3 is 2.55 bits per heavy atom. The summed E-state index contributed by atoms with van der Waals surface area (Å²) in [7, 11) is 1.71. The van der Waals surface area contributed by atoms with Crippen molar-refractivity contribution in [2.45, 2.75) is 38.3 Å². The van der Waals surface area contributed by atoms with Gasteiger partial charge in [-0.1, -0.05) is 48.5 Å². The van der Waals surface area contributed by atoms with E-state index in [1.54, 1.807) is 7.11 Å². The molecule has 29 heavy (non-hydrogen) atoms. The molecule has 0 aromatic heterocycles. The molecular formula is C24H33N3O2. The number of methoxy groups -OCH3 is 1. The standard InChI is InChI=1S/C24H33N3O2/c1-24(2,3)26-23(28)20(18-10-6-5-7-11-18)17-27-15-14-25-16-21(27)19-12-8-9-13-22(19)29-4/h5-13,20-21,25H,14-17H2,1-4H3,(H,26,28). The van der Waals surface area contributed by atoms with Gasteiger partial charge in [-0.2, -0.15) is 0 Å². The Hall–Kier alpha value is -2.37. The molecule has 2 unspecified atom stereocenters. The molecule has 5 heteroatoms. The molecule has 1 aliphatic rings. The van der Waals surface area contributed by atoms with Crippen molar-refractivity contribution in [1.82, 2.24) is 15.5 Å². The van der Waals surface area contributed by atoms with E-state index >= 15 is 0 Å². The van der Waals surface area contributed by atoms with Gasteiger partial charge in [0.25, 0.3) is 0 Å². The zero-order valence-corrected chi connectivity index (χ0v) is 17.9. The summed E-state index contributed by atoms with van der Waals surface area (Å²) in [6, 6.07) is 18.4. The van der Waals surface area contributed by atoms with Crippen LogP contribution >= 0.6 is 0 Å². The molecule has 2 N–H and O–H groups in total. The summed E-state index contributed by atoms with van der Waals surface area (Å²) in [5.74, 6) is 0.730. The molecule has 156 valence electrons. The van der Waals surface area contributed by atoms with Gasteiger partial charge < -0.3 is 15.4 Å². The third-order valence-electron chi connectivity index (χ3n) is 5.29. The number of carbonyl (C=O) groups excluding carboxylic acids is 1. The minimum absolute atomic E-state index is 0.0704. The highest BCUT2D eigenvalue weighted by molar-refractivity contribution is 5.84. The zero-order valence-electron chi connectivity index (χ0n) is 17.9. The summed E-state index contributed by atoms with van der Waals surface area (Å²) in [6.07, 6.45) is 0. The molecule has 3 rings (SSSR count). The molecular weight excluding hydrogens is 362 g/mol. The van der Waals surface area contributed by atoms with E-state index in [2.05, 4.69) is 21.6 Å². The van der Waals surface area contributed by atoms with E-state index in [1.807, 2.05) is 69.3 Å². The maximum absolute atomic E-state index is 13.2. The molecule has 1 aliphatic heterocycles. The van der Waals surface area contributed by atoms with E-state index in [0.717, 1.165) is 36.5 Å². The summed E-state index contributed by atoms with van der Waals surface area (Å²) in [5.41, 5.74) is 1.94. The summed E-state index contributed by atoms with van der Waals surface area (Å²) >= 11 is 0. The van der Waals surface area contributed by atoms with Gasteiger partial charge in [0, 0.05) is 37.3 Å². The molecule has 1 fully saturated rings. The number of para-hydroxylation sites is 1. The van der Waals surface area contributed by atoms with Crippen molar-refractivity contribution < 1.29 is 9.53 Å². The van der Waals surface area contributed by atoms with Gasteiger partial charge in [0.1, 0.15) is 5.75 Å². The van der Waals surface area contributed by atoms with E-state index < -0.39 is 0 Å². The van der Waals surface area contributed by atoms with Gasteiger partial charge in [0.15, 0.2) is 0 Å². The molecule has 2 aromatic carbocycles. The smallest absolute Gasteiger partial charge is 0.229 e. The number of nitrogens with one attached hydrogen (secondary N) is 2. The van der Waals surface area contributed by atoms with Crippen molar-refractivity contribution in [1.29, 1.82) is 0 Å². The Morgan fingerprint density at radius 2 is 1.86 bits per heavy atom. The first-order valence-electron chi connectivity index (χ1n) is 10.3. The molecule has 1 amide bonds. The van der Waals surface area contributed by atoms with Crippen LogP contribution in [0.15, 0.2) is 54.6 Å². The van der Waals surface area contributed by atoms with E-state index in [9.17, 15) is 4.79 Å². The number of amides is 1. The molecule has 1 saturated heterocycles. The molecule has 0 aliphatic carbocycles. The summed E-state index contributed by atoms with van der Waals surface area (Å²) < 4.78 is 5.62. The Kier molecular flexibility index (Phi) is 6.93. The molecule has 0 radical (unpaired) electrons. The lowest BCUT2D eigenvalue weighted by Crippen LogP contribution is -2.50. The summed E-state index contributed by atoms with van der Waals surface area (Å²) in [4.78, 5) is 15.6. The van der Waals surface area contributed by atoms with Crippen molar-refractivity contribution in [3.63, 3.8) is 0 Å². The first-order valence-corrected chi connectivity index (χ1v) is 10.3. The minimum Gasteiger partial charge on any atom is -0.496 e. The van der Waals surface area contributed by atoms with Crippen LogP contribution in [-0.2, 0) is 4.79 Å². The van der Waals surface area contributed by atoms with Crippen LogP contribution in [0.25, 0.3) is 0 Å². The largest absolute Gasteiger partial charge is 0.496 e. The Bertz CT molecular complexity index is 801. The average Bonchev–Trinajstić information content (AvgIpc) is 2.71. The second kappa shape index (κ2) is 9.42. The first-order chi connectivity index (χ1) is 13.9. The van der Waals surface area contributed by atoms with Gasteiger partial charge >= 0.3 is 0 Å². The summed E-state index contributed by atoms with van der Waals surface area (Å²) in [5, 5.41) is 6.68. The Labute approximate surface area is 174 Å². The maximum atomic E-state index is 13.2. The van der Waals surface area contributed by atoms with Crippen molar-refractivity contribution in [3.05, 3.63) is 65.7 Å². The van der Waals surface area contributed by atoms with Crippen molar-refractivity contribution in [2.24, 2.45) is 0 Å². The highest BCUT2D eigenvalue weighted by Crippen LogP contribution is 2.32. The second-order valence-electron chi connectivity index (χ2n) is 8.66. The first kappa shape index (κ1) is 21.3. The SMILES string of the molecule is COc1ccccc1C1CNCCN1CC(C(=O)NC(C)(C)C)c1ccccc1. The van der Waals surface area contributed by atoms with E-state index in [1.165, 1.54) is 0 Å². The van der Waals surface area contributed by atoms with Gasteiger partial charge in [-0.3, -0.25) is 9.69 Å². The molecule has 2 aromatic rings. The minimum atomic E-state index is -0.268. The van der Waals surface area contributed by atoms with E-state index in [0.29, 0.717) is 6.54 Å². The normalized spacial score (nSPS) is 18.8. The van der Waals surface area contributed by atoms with Crippen LogP contribution in [0.4, 0.5) is 0 Å². The van der Waals surface area contributed by atoms with Gasteiger partial charge in [0.2, 0.25) is 5.91 Å². The van der Waals surface area contributed by atoms with Gasteiger partial charge in [-0.15, -0.1) is 0 Å². The lowest BCUT2D eigenvalue weighted by Gasteiger charge is -2.39. The molecule has 5 nitrogen and oxygen atoms in total. The Balaban J connectivity index is 1.89. The second-order valence-corrected chi connectivity index (χ2v) is 8.66. The van der Waals surface area contributed by atoms with Crippen molar-refractivity contribution in [2.75, 3.05) is 33.3 Å². The van der Waals surface area contributed by atoms with Crippen molar-refractivity contribution in [3.8, 4) is 5.75 Å². The number of hydrogen-bond donors (Lipinski definition) is 2. The third-order valence-corrected chi connectivity index (χ3v) is 5.29. The quantitative estimate of drug-likeness (QED) is 0.788. The molecule has 0 spiro atoms. The third kappa shape index (κ3) is 5.58. The predicted molar refractivity (Wildman–Crippen MR) is 117 cm³/mol. The number of piperazine rings is 1. The van der Waals surface area contributed by atoms with Crippen LogP contribution in [-0.4, -0.2) is 49.6 Å². The monoisotopic (exact) mass is 395 g/mol. The fourth-order valence-electron chi connectivity index (χ4n) is 3.93. The van der Waals surface area contributed by atoms with Crippen LogP contribution in [0, 0.1) is 0 Å². The molecule has 0 bridgehead atoms. The van der Waals surface area contributed by atoms with Gasteiger partial charge in [0.05, 0.1) is 19.1 Å². The number of nitrogens with zero attached hydrogens (tertiary/aromatic N) is 1. The van der Waals surface area contributed by atoms with Crippen LogP contribution in [0.3, 0.4) is 0 Å². The molecule has 2 atom stereocenters. The Morgan fingerprint density at radius 1 is 1.17 bits per heavy atom. The topological polar surface area (TPSA) is 53.6 Å². The number of ether oxygens (including phenoxy) is 1. The predicted octanol–water partition coefficient (Wildman–Crippen LogP) is 3.34. The van der Waals surface area contributed by atoms with Crippen molar-refractivity contribution >= 4 is 5.91 Å².